The highest BCUT2D eigenvalue weighted by Crippen LogP contribution is 2.14. The molecular formula is C23H31FN2O2. The molecule has 1 saturated heterocycles. The van der Waals surface area contributed by atoms with Crippen molar-refractivity contribution in [2.45, 2.75) is 19.3 Å². The number of unbranched alkanes of at least 4 members (excludes halogenated alkanes) is 1. The normalized spacial score (nSPS) is 15.5. The number of halogens is 1. The molecule has 1 fully saturated rings. The van der Waals surface area contributed by atoms with Crippen LogP contribution in [0.3, 0.4) is 0 Å². The first-order chi connectivity index (χ1) is 13.7. The van der Waals surface area contributed by atoms with E-state index in [1.165, 1.54) is 37.1 Å². The number of hydrogen-bond acceptors (Lipinski definition) is 4. The Labute approximate surface area is 167 Å². The molecule has 152 valence electrons. The highest BCUT2D eigenvalue weighted by molar-refractivity contribution is 5.27. The van der Waals surface area contributed by atoms with Crippen LogP contribution in [-0.2, 0) is 6.42 Å². The lowest BCUT2D eigenvalue weighted by atomic mass is 10.1. The zero-order chi connectivity index (χ0) is 19.6. The van der Waals surface area contributed by atoms with Gasteiger partial charge in [0.25, 0.3) is 0 Å². The Balaban J connectivity index is 1.24. The number of piperazine rings is 1. The minimum atomic E-state index is -0.229. The summed E-state index contributed by atoms with van der Waals surface area (Å²) >= 11 is 0. The van der Waals surface area contributed by atoms with Gasteiger partial charge in [0.05, 0.1) is 7.11 Å². The van der Waals surface area contributed by atoms with Gasteiger partial charge < -0.3 is 14.4 Å². The highest BCUT2D eigenvalue weighted by Gasteiger charge is 2.16. The topological polar surface area (TPSA) is 24.9 Å². The molecule has 0 bridgehead atoms. The van der Waals surface area contributed by atoms with Crippen LogP contribution in [-0.4, -0.2) is 62.8 Å². The van der Waals surface area contributed by atoms with Gasteiger partial charge in [-0.2, -0.15) is 0 Å². The molecule has 28 heavy (non-hydrogen) atoms. The molecule has 1 aliphatic heterocycles. The first kappa shape index (κ1) is 20.6. The molecule has 0 atom stereocenters. The average Bonchev–Trinajstić information content (AvgIpc) is 2.74. The Bertz CT molecular complexity index is 683. The molecule has 1 aliphatic rings. The summed E-state index contributed by atoms with van der Waals surface area (Å²) in [4.78, 5) is 5.00. The lowest BCUT2D eigenvalue weighted by molar-refractivity contribution is 0.116. The first-order valence-electron chi connectivity index (χ1n) is 10.2. The minimum Gasteiger partial charge on any atom is -0.497 e. The summed E-state index contributed by atoms with van der Waals surface area (Å²) < 4.78 is 23.8. The summed E-state index contributed by atoms with van der Waals surface area (Å²) in [5, 5.41) is 0. The van der Waals surface area contributed by atoms with Crippen LogP contribution in [0.4, 0.5) is 4.39 Å². The van der Waals surface area contributed by atoms with Gasteiger partial charge in [-0.1, -0.05) is 12.1 Å². The Hall–Kier alpha value is -2.11. The molecule has 2 aromatic carbocycles. The standard InChI is InChI=1S/C23H31FN2O2/c1-27-22-9-5-20(6-10-22)4-2-3-13-25-14-16-26(17-15-25)18-19-28-23-11-7-21(24)8-12-23/h5-12H,2-4,13-19H2,1H3. The van der Waals surface area contributed by atoms with Crippen molar-refractivity contribution in [3.05, 3.63) is 59.9 Å². The van der Waals surface area contributed by atoms with Crippen LogP contribution in [0.25, 0.3) is 0 Å². The van der Waals surface area contributed by atoms with Crippen LogP contribution in [0.15, 0.2) is 48.5 Å². The maximum absolute atomic E-state index is 12.9. The van der Waals surface area contributed by atoms with Gasteiger partial charge in [0.2, 0.25) is 0 Å². The largest absolute Gasteiger partial charge is 0.497 e. The molecule has 0 saturated carbocycles. The molecule has 4 nitrogen and oxygen atoms in total. The van der Waals surface area contributed by atoms with Crippen molar-refractivity contribution in [2.24, 2.45) is 0 Å². The van der Waals surface area contributed by atoms with E-state index < -0.39 is 0 Å². The Kier molecular flexibility index (Phi) is 8.12. The highest BCUT2D eigenvalue weighted by atomic mass is 19.1. The molecule has 2 aromatic rings. The molecule has 1 heterocycles. The summed E-state index contributed by atoms with van der Waals surface area (Å²) in [5.41, 5.74) is 1.38. The Morgan fingerprint density at radius 2 is 1.39 bits per heavy atom. The zero-order valence-electron chi connectivity index (χ0n) is 16.8. The van der Waals surface area contributed by atoms with Gasteiger partial charge in [-0.05, 0) is 67.8 Å². The number of ether oxygens (including phenoxy) is 2. The molecule has 0 N–H and O–H groups in total. The molecular weight excluding hydrogens is 355 g/mol. The second-order valence-corrected chi connectivity index (χ2v) is 7.29. The van der Waals surface area contributed by atoms with Gasteiger partial charge >= 0.3 is 0 Å². The molecule has 5 heteroatoms. The average molecular weight is 387 g/mol. The fourth-order valence-corrected chi connectivity index (χ4v) is 3.52. The number of benzene rings is 2. The number of hydrogen-bond donors (Lipinski definition) is 0. The Morgan fingerprint density at radius 1 is 0.786 bits per heavy atom. The van der Waals surface area contributed by atoms with E-state index >= 15 is 0 Å². The molecule has 0 spiro atoms. The lowest BCUT2D eigenvalue weighted by Gasteiger charge is -2.34. The van der Waals surface area contributed by atoms with Gasteiger partial charge in [-0.3, -0.25) is 4.90 Å². The van der Waals surface area contributed by atoms with E-state index in [9.17, 15) is 4.39 Å². The van der Waals surface area contributed by atoms with Gasteiger partial charge in [0.1, 0.15) is 23.9 Å². The second-order valence-electron chi connectivity index (χ2n) is 7.29. The van der Waals surface area contributed by atoms with E-state index in [4.69, 9.17) is 9.47 Å². The number of aryl methyl sites for hydroxylation is 1. The Morgan fingerprint density at radius 3 is 2.04 bits per heavy atom. The van der Waals surface area contributed by atoms with E-state index in [0.717, 1.165) is 50.6 Å². The maximum atomic E-state index is 12.9. The summed E-state index contributed by atoms with van der Waals surface area (Å²) in [5.74, 6) is 1.43. The van der Waals surface area contributed by atoms with Crippen molar-refractivity contribution in [1.29, 1.82) is 0 Å². The monoisotopic (exact) mass is 386 g/mol. The zero-order valence-corrected chi connectivity index (χ0v) is 16.8. The third-order valence-corrected chi connectivity index (χ3v) is 5.30. The summed E-state index contributed by atoms with van der Waals surface area (Å²) in [7, 11) is 1.70. The third kappa shape index (κ3) is 6.80. The lowest BCUT2D eigenvalue weighted by Crippen LogP contribution is -2.47. The fourth-order valence-electron chi connectivity index (χ4n) is 3.52. The van der Waals surface area contributed by atoms with Crippen LogP contribution < -0.4 is 9.47 Å². The maximum Gasteiger partial charge on any atom is 0.123 e. The van der Waals surface area contributed by atoms with Gasteiger partial charge in [-0.15, -0.1) is 0 Å². The van der Waals surface area contributed by atoms with Crippen molar-refractivity contribution in [3.63, 3.8) is 0 Å². The molecule has 0 radical (unpaired) electrons. The van der Waals surface area contributed by atoms with E-state index in [2.05, 4.69) is 21.9 Å². The summed E-state index contributed by atoms with van der Waals surface area (Å²) in [6.07, 6.45) is 3.59. The van der Waals surface area contributed by atoms with Crippen LogP contribution in [0.2, 0.25) is 0 Å². The van der Waals surface area contributed by atoms with Crippen molar-refractivity contribution in [3.8, 4) is 11.5 Å². The van der Waals surface area contributed by atoms with E-state index in [1.54, 1.807) is 19.2 Å². The van der Waals surface area contributed by atoms with E-state index in [0.29, 0.717) is 6.61 Å². The number of rotatable bonds is 10. The molecule has 0 unspecified atom stereocenters. The smallest absolute Gasteiger partial charge is 0.123 e. The van der Waals surface area contributed by atoms with Crippen LogP contribution >= 0.6 is 0 Å². The third-order valence-electron chi connectivity index (χ3n) is 5.30. The number of methoxy groups -OCH3 is 1. The molecule has 0 aliphatic carbocycles. The van der Waals surface area contributed by atoms with Crippen LogP contribution in [0, 0.1) is 5.82 Å². The van der Waals surface area contributed by atoms with Gasteiger partial charge in [0, 0.05) is 32.7 Å². The predicted molar refractivity (Wildman–Crippen MR) is 111 cm³/mol. The van der Waals surface area contributed by atoms with Gasteiger partial charge in [-0.25, -0.2) is 4.39 Å². The first-order valence-corrected chi connectivity index (χ1v) is 10.2. The summed E-state index contributed by atoms with van der Waals surface area (Å²) in [6.45, 7) is 7.17. The molecule has 0 aromatic heterocycles. The predicted octanol–water partition coefficient (Wildman–Crippen LogP) is 3.85. The van der Waals surface area contributed by atoms with Crippen LogP contribution in [0.1, 0.15) is 18.4 Å². The quantitative estimate of drug-likeness (QED) is 0.579. The fraction of sp³-hybridized carbons (Fsp3) is 0.478. The van der Waals surface area contributed by atoms with Crippen molar-refractivity contribution < 1.29 is 13.9 Å². The van der Waals surface area contributed by atoms with Gasteiger partial charge in [0.15, 0.2) is 0 Å². The van der Waals surface area contributed by atoms with Crippen LogP contribution in [0.5, 0.6) is 11.5 Å². The van der Waals surface area contributed by atoms with Crippen molar-refractivity contribution >= 4 is 0 Å². The minimum absolute atomic E-state index is 0.229. The van der Waals surface area contributed by atoms with E-state index in [-0.39, 0.29) is 5.82 Å². The van der Waals surface area contributed by atoms with Crippen molar-refractivity contribution in [1.82, 2.24) is 9.80 Å². The number of nitrogens with zero attached hydrogens (tertiary/aromatic N) is 2. The molecule has 3 rings (SSSR count). The SMILES string of the molecule is COc1ccc(CCCCN2CCN(CCOc3ccc(F)cc3)CC2)cc1. The summed E-state index contributed by atoms with van der Waals surface area (Å²) in [6, 6.07) is 14.6. The second kappa shape index (κ2) is 11.0. The van der Waals surface area contributed by atoms with Crippen molar-refractivity contribution in [2.75, 3.05) is 53.0 Å². The van der Waals surface area contributed by atoms with E-state index in [1.807, 2.05) is 12.1 Å². The molecule has 0 amide bonds.